The maximum Gasteiger partial charge on any atom is 0.0642 e. The number of hydrogen-bond donors (Lipinski definition) is 1. The van der Waals surface area contributed by atoms with Gasteiger partial charge in [-0.05, 0) is 60.8 Å². The van der Waals surface area contributed by atoms with Gasteiger partial charge in [-0.25, -0.2) is 0 Å². The van der Waals surface area contributed by atoms with Crippen molar-refractivity contribution in [2.75, 3.05) is 62.3 Å². The molecule has 3 fully saturated rings. The fourth-order valence-corrected chi connectivity index (χ4v) is 5.58. The molecule has 2 heterocycles. The number of morpholine rings is 1. The van der Waals surface area contributed by atoms with Crippen molar-refractivity contribution in [2.45, 2.75) is 58.3 Å². The maximum absolute atomic E-state index is 5.58. The highest BCUT2D eigenvalue weighted by Gasteiger charge is 2.34. The van der Waals surface area contributed by atoms with Crippen molar-refractivity contribution in [3.63, 3.8) is 0 Å². The summed E-state index contributed by atoms with van der Waals surface area (Å²) in [6, 6.07) is 7.32. The Morgan fingerprint density at radius 3 is 2.29 bits per heavy atom. The first kappa shape index (κ1) is 20.0. The highest BCUT2D eigenvalue weighted by molar-refractivity contribution is 5.63. The van der Waals surface area contributed by atoms with Gasteiger partial charge in [0, 0.05) is 50.6 Å². The van der Waals surface area contributed by atoms with Gasteiger partial charge >= 0.3 is 0 Å². The zero-order chi connectivity index (χ0) is 19.4. The minimum Gasteiger partial charge on any atom is -0.378 e. The summed E-state index contributed by atoms with van der Waals surface area (Å²) in [7, 11) is 0. The smallest absolute Gasteiger partial charge is 0.0642 e. The molecule has 0 radical (unpaired) electrons. The Labute approximate surface area is 171 Å². The lowest BCUT2D eigenvalue weighted by Gasteiger charge is -2.41. The molecule has 0 atom stereocenters. The van der Waals surface area contributed by atoms with E-state index in [1.54, 1.807) is 5.56 Å². The van der Waals surface area contributed by atoms with E-state index < -0.39 is 0 Å². The molecule has 0 amide bonds. The van der Waals surface area contributed by atoms with Gasteiger partial charge in [-0.15, -0.1) is 0 Å². The number of ether oxygens (including phenoxy) is 1. The second-order valence-electron chi connectivity index (χ2n) is 9.06. The molecule has 1 N–H and O–H groups in total. The average Bonchev–Trinajstić information content (AvgIpc) is 2.80. The summed E-state index contributed by atoms with van der Waals surface area (Å²) in [5.74, 6) is 0.720. The van der Waals surface area contributed by atoms with E-state index in [0.717, 1.165) is 58.4 Å². The first-order chi connectivity index (χ1) is 13.7. The van der Waals surface area contributed by atoms with Crippen LogP contribution in [0.25, 0.3) is 0 Å². The van der Waals surface area contributed by atoms with Crippen LogP contribution in [-0.2, 0) is 4.74 Å². The van der Waals surface area contributed by atoms with E-state index in [0.29, 0.717) is 5.41 Å². The largest absolute Gasteiger partial charge is 0.378 e. The minimum absolute atomic E-state index is 0.605. The average molecular weight is 386 g/mol. The number of nitrogens with one attached hydrogen (secondary N) is 1. The van der Waals surface area contributed by atoms with E-state index in [4.69, 9.17) is 4.74 Å². The molecule has 0 spiro atoms. The molecule has 156 valence electrons. The van der Waals surface area contributed by atoms with Gasteiger partial charge in [-0.2, -0.15) is 0 Å². The Morgan fingerprint density at radius 2 is 1.64 bits per heavy atom. The molecule has 1 saturated carbocycles. The van der Waals surface area contributed by atoms with E-state index in [-0.39, 0.29) is 0 Å². The first-order valence-corrected chi connectivity index (χ1v) is 11.7. The molecule has 28 heavy (non-hydrogen) atoms. The predicted molar refractivity (Wildman–Crippen MR) is 119 cm³/mol. The topological polar surface area (TPSA) is 27.7 Å². The van der Waals surface area contributed by atoms with Gasteiger partial charge < -0.3 is 19.9 Å². The van der Waals surface area contributed by atoms with Crippen LogP contribution in [-0.4, -0.2) is 52.5 Å². The van der Waals surface area contributed by atoms with Crippen molar-refractivity contribution in [3.05, 3.63) is 23.8 Å². The summed E-state index contributed by atoms with van der Waals surface area (Å²) in [6.07, 6.45) is 8.19. The second kappa shape index (κ2) is 9.04. The fraction of sp³-hybridized carbons (Fsp3) is 0.750. The van der Waals surface area contributed by atoms with Crippen LogP contribution < -0.4 is 15.1 Å². The van der Waals surface area contributed by atoms with Crippen LogP contribution >= 0.6 is 0 Å². The van der Waals surface area contributed by atoms with E-state index in [9.17, 15) is 0 Å². The van der Waals surface area contributed by atoms with E-state index in [2.05, 4.69) is 47.2 Å². The molecule has 1 aliphatic carbocycles. The molecule has 1 aromatic carbocycles. The van der Waals surface area contributed by atoms with E-state index >= 15 is 0 Å². The Morgan fingerprint density at radius 1 is 0.964 bits per heavy atom. The van der Waals surface area contributed by atoms with Crippen LogP contribution in [0.15, 0.2) is 18.2 Å². The Hall–Kier alpha value is -1.26. The molecule has 2 saturated heterocycles. The molecule has 4 heteroatoms. The van der Waals surface area contributed by atoms with Crippen LogP contribution in [0.2, 0.25) is 0 Å². The molecule has 2 aliphatic heterocycles. The molecular weight excluding hydrogens is 346 g/mol. The van der Waals surface area contributed by atoms with E-state index in [1.165, 1.54) is 49.9 Å². The predicted octanol–water partition coefficient (Wildman–Crippen LogP) is 4.40. The van der Waals surface area contributed by atoms with Crippen molar-refractivity contribution in [2.24, 2.45) is 5.41 Å². The van der Waals surface area contributed by atoms with Crippen molar-refractivity contribution in [1.82, 2.24) is 5.32 Å². The molecule has 3 aliphatic rings. The van der Waals surface area contributed by atoms with Crippen molar-refractivity contribution >= 4 is 11.4 Å². The minimum atomic E-state index is 0.605. The van der Waals surface area contributed by atoms with Gasteiger partial charge in [-0.1, -0.05) is 26.7 Å². The molecule has 1 aromatic rings. The van der Waals surface area contributed by atoms with Gasteiger partial charge in [0.2, 0.25) is 0 Å². The first-order valence-electron chi connectivity index (χ1n) is 11.7. The molecule has 0 unspecified atom stereocenters. The molecule has 0 aromatic heterocycles. The van der Waals surface area contributed by atoms with Gasteiger partial charge in [0.1, 0.15) is 0 Å². The van der Waals surface area contributed by atoms with Gasteiger partial charge in [0.25, 0.3) is 0 Å². The lowest BCUT2D eigenvalue weighted by Crippen LogP contribution is -2.44. The van der Waals surface area contributed by atoms with Crippen molar-refractivity contribution < 1.29 is 4.74 Å². The Balaban J connectivity index is 1.60. The highest BCUT2D eigenvalue weighted by Crippen LogP contribution is 2.49. The SMILES string of the molecule is CCC1(CC)CCC(c2cc(N3CCOCC3)ccc2N2CCNCC2)CC1. The number of anilines is 2. The van der Waals surface area contributed by atoms with Crippen molar-refractivity contribution in [1.29, 1.82) is 0 Å². The maximum atomic E-state index is 5.58. The van der Waals surface area contributed by atoms with Crippen LogP contribution in [0.4, 0.5) is 11.4 Å². The fourth-order valence-electron chi connectivity index (χ4n) is 5.58. The molecule has 0 bridgehead atoms. The van der Waals surface area contributed by atoms with Crippen LogP contribution in [0.1, 0.15) is 63.9 Å². The molecule has 4 nitrogen and oxygen atoms in total. The Kier molecular flexibility index (Phi) is 6.47. The highest BCUT2D eigenvalue weighted by atomic mass is 16.5. The summed E-state index contributed by atoms with van der Waals surface area (Å²) in [6.45, 7) is 13.0. The number of nitrogens with zero attached hydrogens (tertiary/aromatic N) is 2. The summed E-state index contributed by atoms with van der Waals surface area (Å²) in [5.41, 5.74) is 5.13. The van der Waals surface area contributed by atoms with Crippen LogP contribution in [0, 0.1) is 5.41 Å². The van der Waals surface area contributed by atoms with Crippen molar-refractivity contribution in [3.8, 4) is 0 Å². The standard InChI is InChI=1S/C24H39N3O/c1-3-24(4-2)9-7-20(8-10-24)22-19-21(26-15-17-28-18-16-26)5-6-23(22)27-13-11-25-12-14-27/h5-6,19-20,25H,3-4,7-18H2,1-2H3. The third-order valence-corrected chi connectivity index (χ3v) is 7.83. The van der Waals surface area contributed by atoms with Gasteiger partial charge in [-0.3, -0.25) is 0 Å². The number of piperazine rings is 1. The molecular formula is C24H39N3O. The monoisotopic (exact) mass is 385 g/mol. The Bertz CT molecular complexity index is 621. The van der Waals surface area contributed by atoms with Gasteiger partial charge in [0.05, 0.1) is 13.2 Å². The lowest BCUT2D eigenvalue weighted by atomic mass is 9.66. The second-order valence-corrected chi connectivity index (χ2v) is 9.06. The normalized spacial score (nSPS) is 23.8. The number of benzene rings is 1. The zero-order valence-corrected chi connectivity index (χ0v) is 18.0. The number of hydrogen-bond acceptors (Lipinski definition) is 4. The van der Waals surface area contributed by atoms with Crippen LogP contribution in [0.3, 0.4) is 0 Å². The summed E-state index contributed by atoms with van der Waals surface area (Å²) in [5, 5.41) is 3.51. The summed E-state index contributed by atoms with van der Waals surface area (Å²) in [4.78, 5) is 5.14. The van der Waals surface area contributed by atoms with Gasteiger partial charge in [0.15, 0.2) is 0 Å². The van der Waals surface area contributed by atoms with Crippen LogP contribution in [0.5, 0.6) is 0 Å². The third-order valence-electron chi connectivity index (χ3n) is 7.83. The third kappa shape index (κ3) is 4.18. The molecule has 4 rings (SSSR count). The quantitative estimate of drug-likeness (QED) is 0.813. The zero-order valence-electron chi connectivity index (χ0n) is 18.0. The number of rotatable bonds is 5. The lowest BCUT2D eigenvalue weighted by molar-refractivity contribution is 0.122. The summed E-state index contributed by atoms with van der Waals surface area (Å²) >= 11 is 0. The van der Waals surface area contributed by atoms with E-state index in [1.807, 2.05) is 0 Å². The summed E-state index contributed by atoms with van der Waals surface area (Å²) < 4.78 is 5.58.